The maximum absolute atomic E-state index is 9.25. The van der Waals surface area contributed by atoms with Gasteiger partial charge in [-0.3, -0.25) is 0 Å². The first-order valence-electron chi connectivity index (χ1n) is 5.17. The van der Waals surface area contributed by atoms with Crippen molar-refractivity contribution in [3.05, 3.63) is 38.0 Å². The molecule has 0 aliphatic carbocycles. The Morgan fingerprint density at radius 2 is 1.33 bits per heavy atom. The number of allylic oxidation sites excluding steroid dienone is 2. The number of carboxylic acids is 1. The van der Waals surface area contributed by atoms with Crippen LogP contribution >= 0.6 is 0 Å². The van der Waals surface area contributed by atoms with Crippen molar-refractivity contribution in [2.45, 2.75) is 39.5 Å². The van der Waals surface area contributed by atoms with E-state index >= 15 is 0 Å². The van der Waals surface area contributed by atoms with E-state index in [0.29, 0.717) is 0 Å². The smallest absolute Gasteiger partial charge is 0.327 e. The lowest BCUT2D eigenvalue weighted by atomic mass is 10.3. The Morgan fingerprint density at radius 1 is 1.07 bits per heavy atom. The zero-order valence-corrected chi connectivity index (χ0v) is 10.0. The predicted octanol–water partition coefficient (Wildman–Crippen LogP) is 4.20. The van der Waals surface area contributed by atoms with Gasteiger partial charge in [-0.15, -0.1) is 13.2 Å². The summed E-state index contributed by atoms with van der Waals surface area (Å²) in [6, 6.07) is 0. The summed E-state index contributed by atoms with van der Waals surface area (Å²) in [6.45, 7) is 14.3. The highest BCUT2D eigenvalue weighted by molar-refractivity contribution is 5.78. The van der Waals surface area contributed by atoms with Crippen LogP contribution < -0.4 is 0 Å². The summed E-state index contributed by atoms with van der Waals surface area (Å²) in [5, 5.41) is 7.60. The lowest BCUT2D eigenvalue weighted by Gasteiger charge is -1.72. The second kappa shape index (κ2) is 23.0. The fourth-order valence-corrected chi connectivity index (χ4v) is 0.408. The molecule has 15 heavy (non-hydrogen) atoms. The van der Waals surface area contributed by atoms with Gasteiger partial charge in [0.15, 0.2) is 0 Å². The van der Waals surface area contributed by atoms with Crippen LogP contribution in [0.2, 0.25) is 0 Å². The summed E-state index contributed by atoms with van der Waals surface area (Å²) >= 11 is 0. The molecule has 0 fully saturated rings. The van der Waals surface area contributed by atoms with Crippen LogP contribution in [0.5, 0.6) is 0 Å². The Kier molecular flexibility index (Phi) is 29.5. The van der Waals surface area contributed by atoms with Gasteiger partial charge < -0.3 is 5.11 Å². The molecule has 0 aromatic carbocycles. The fourth-order valence-electron chi connectivity index (χ4n) is 0.408. The molecule has 0 rings (SSSR count). The lowest BCUT2D eigenvalue weighted by molar-refractivity contribution is -0.131. The number of aliphatic carboxylic acids is 1. The van der Waals surface area contributed by atoms with Gasteiger partial charge in [-0.05, 0) is 12.8 Å². The third-order valence-corrected chi connectivity index (χ3v) is 1.16. The van der Waals surface area contributed by atoms with Crippen LogP contribution in [0, 0.1) is 0 Å². The minimum atomic E-state index is -0.981. The third-order valence-electron chi connectivity index (χ3n) is 1.16. The molecule has 0 saturated carbocycles. The summed E-state index contributed by atoms with van der Waals surface area (Å²) in [5.74, 6) is -0.981. The summed E-state index contributed by atoms with van der Waals surface area (Å²) < 4.78 is 0. The van der Waals surface area contributed by atoms with Crippen LogP contribution in [0.3, 0.4) is 0 Å². The van der Waals surface area contributed by atoms with Gasteiger partial charge >= 0.3 is 5.97 Å². The first kappa shape index (κ1) is 19.3. The Balaban J connectivity index is -0.000000144. The van der Waals surface area contributed by atoms with Crippen molar-refractivity contribution < 1.29 is 9.90 Å². The SMILES string of the molecule is C=CC(=O)O.C=CCCC.C=CCCC. The average molecular weight is 212 g/mol. The normalized spacial score (nSPS) is 7.07. The molecule has 1 N–H and O–H groups in total. The topological polar surface area (TPSA) is 37.3 Å². The number of carbonyl (C=O) groups is 1. The van der Waals surface area contributed by atoms with Gasteiger partial charge in [0.25, 0.3) is 0 Å². The van der Waals surface area contributed by atoms with E-state index in [1.54, 1.807) is 0 Å². The van der Waals surface area contributed by atoms with Gasteiger partial charge in [0.05, 0.1) is 0 Å². The molecule has 2 heteroatoms. The molecule has 0 aromatic heterocycles. The maximum atomic E-state index is 9.25. The number of carboxylic acid groups (broad SMARTS) is 1. The molecule has 0 spiro atoms. The van der Waals surface area contributed by atoms with Crippen molar-refractivity contribution in [1.29, 1.82) is 0 Å². The van der Waals surface area contributed by atoms with Gasteiger partial charge in [0.2, 0.25) is 0 Å². The molecule has 88 valence electrons. The lowest BCUT2D eigenvalue weighted by Crippen LogP contribution is -1.82. The van der Waals surface area contributed by atoms with E-state index in [9.17, 15) is 4.79 Å². The number of hydrogen-bond acceptors (Lipinski definition) is 1. The van der Waals surface area contributed by atoms with Crippen LogP contribution in [0.25, 0.3) is 0 Å². The molecule has 0 heterocycles. The molecule has 0 aliphatic heterocycles. The zero-order valence-electron chi connectivity index (χ0n) is 10.0. The van der Waals surface area contributed by atoms with Crippen molar-refractivity contribution in [2.24, 2.45) is 0 Å². The molecule has 0 radical (unpaired) electrons. The first-order valence-corrected chi connectivity index (χ1v) is 5.17. The first-order chi connectivity index (χ1) is 7.10. The Bertz CT molecular complexity index is 150. The fraction of sp³-hybridized carbons (Fsp3) is 0.462. The standard InChI is InChI=1S/2C5H10.C3H4O2/c2*1-3-5-4-2;1-2-3(4)5/h2*3H,1,4-5H2,2H3;2H,1H2,(H,4,5). The van der Waals surface area contributed by atoms with Gasteiger partial charge in [-0.2, -0.15) is 0 Å². The van der Waals surface area contributed by atoms with Gasteiger partial charge in [0.1, 0.15) is 0 Å². The Hall–Kier alpha value is -1.31. The largest absolute Gasteiger partial charge is 0.478 e. The third kappa shape index (κ3) is 65.9. The Morgan fingerprint density at radius 3 is 1.33 bits per heavy atom. The molecule has 0 unspecified atom stereocenters. The van der Waals surface area contributed by atoms with E-state index < -0.39 is 5.97 Å². The van der Waals surface area contributed by atoms with Crippen molar-refractivity contribution in [1.82, 2.24) is 0 Å². The molecular formula is C13H24O2. The van der Waals surface area contributed by atoms with Crippen LogP contribution in [0.4, 0.5) is 0 Å². The molecule has 0 aliphatic rings. The van der Waals surface area contributed by atoms with Crippen LogP contribution in [0.15, 0.2) is 38.0 Å². The van der Waals surface area contributed by atoms with Crippen molar-refractivity contribution in [3.63, 3.8) is 0 Å². The van der Waals surface area contributed by atoms with E-state index in [2.05, 4.69) is 33.6 Å². The number of hydrogen-bond donors (Lipinski definition) is 1. The molecule has 0 aromatic rings. The minimum absolute atomic E-state index is 0.833. The average Bonchev–Trinajstić information content (AvgIpc) is 2.22. The van der Waals surface area contributed by atoms with E-state index in [1.165, 1.54) is 12.8 Å². The second-order valence-electron chi connectivity index (χ2n) is 2.70. The van der Waals surface area contributed by atoms with Crippen LogP contribution in [0.1, 0.15) is 39.5 Å². The predicted molar refractivity (Wildman–Crippen MR) is 68.0 cm³/mol. The quantitative estimate of drug-likeness (QED) is 0.547. The van der Waals surface area contributed by atoms with E-state index in [0.717, 1.165) is 18.9 Å². The molecular weight excluding hydrogens is 188 g/mol. The summed E-state index contributed by atoms with van der Waals surface area (Å²) in [6.07, 6.45) is 9.45. The van der Waals surface area contributed by atoms with Crippen LogP contribution in [-0.2, 0) is 4.79 Å². The minimum Gasteiger partial charge on any atom is -0.478 e. The zero-order chi connectivity index (χ0) is 12.5. The second-order valence-corrected chi connectivity index (χ2v) is 2.70. The summed E-state index contributed by atoms with van der Waals surface area (Å²) in [7, 11) is 0. The van der Waals surface area contributed by atoms with Gasteiger partial charge in [-0.1, -0.05) is 45.4 Å². The van der Waals surface area contributed by atoms with E-state index in [1.807, 2.05) is 12.2 Å². The monoisotopic (exact) mass is 212 g/mol. The number of unbranched alkanes of at least 4 members (excludes halogenated alkanes) is 2. The molecule has 0 saturated heterocycles. The van der Waals surface area contributed by atoms with E-state index in [4.69, 9.17) is 5.11 Å². The molecule has 0 bridgehead atoms. The maximum Gasteiger partial charge on any atom is 0.327 e. The highest BCUT2D eigenvalue weighted by atomic mass is 16.4. The molecule has 0 atom stereocenters. The Labute approximate surface area is 94.0 Å². The van der Waals surface area contributed by atoms with Crippen molar-refractivity contribution in [3.8, 4) is 0 Å². The molecule has 0 amide bonds. The van der Waals surface area contributed by atoms with Crippen LogP contribution in [-0.4, -0.2) is 11.1 Å². The number of rotatable bonds is 5. The van der Waals surface area contributed by atoms with E-state index in [-0.39, 0.29) is 0 Å². The van der Waals surface area contributed by atoms with Gasteiger partial charge in [-0.25, -0.2) is 4.79 Å². The summed E-state index contributed by atoms with van der Waals surface area (Å²) in [5.41, 5.74) is 0. The van der Waals surface area contributed by atoms with Crippen molar-refractivity contribution >= 4 is 5.97 Å². The highest BCUT2D eigenvalue weighted by Crippen LogP contribution is 1.82. The highest BCUT2D eigenvalue weighted by Gasteiger charge is 1.73. The molecule has 2 nitrogen and oxygen atoms in total. The van der Waals surface area contributed by atoms with Gasteiger partial charge in [0, 0.05) is 6.08 Å². The summed E-state index contributed by atoms with van der Waals surface area (Å²) in [4.78, 5) is 9.25. The van der Waals surface area contributed by atoms with Crippen molar-refractivity contribution in [2.75, 3.05) is 0 Å².